The number of likely N-dealkylation sites (tertiary alicyclic amines) is 1. The van der Waals surface area contributed by atoms with E-state index in [2.05, 4.69) is 13.0 Å². The van der Waals surface area contributed by atoms with E-state index in [4.69, 9.17) is 10.00 Å². The molecule has 1 saturated carbocycles. The Labute approximate surface area is 89.8 Å². The van der Waals surface area contributed by atoms with Crippen molar-refractivity contribution < 1.29 is 9.53 Å². The molecule has 0 aromatic rings. The SMILES string of the molecule is CO[C@H]1CN(C(=O)C2(C#N)CC2)C[C@H]1C. The summed E-state index contributed by atoms with van der Waals surface area (Å²) >= 11 is 0. The Kier molecular flexibility index (Phi) is 2.43. The molecule has 0 bridgehead atoms. The second kappa shape index (κ2) is 3.49. The molecule has 82 valence electrons. The van der Waals surface area contributed by atoms with E-state index in [1.807, 2.05) is 0 Å². The van der Waals surface area contributed by atoms with Gasteiger partial charge in [-0.15, -0.1) is 0 Å². The summed E-state index contributed by atoms with van der Waals surface area (Å²) in [6.45, 7) is 3.44. The summed E-state index contributed by atoms with van der Waals surface area (Å²) in [7, 11) is 1.67. The molecule has 4 heteroatoms. The number of carbonyl (C=O) groups is 1. The highest BCUT2D eigenvalue weighted by molar-refractivity contribution is 5.88. The van der Waals surface area contributed by atoms with E-state index in [9.17, 15) is 4.79 Å². The monoisotopic (exact) mass is 208 g/mol. The zero-order chi connectivity index (χ0) is 11.1. The molecule has 15 heavy (non-hydrogen) atoms. The lowest BCUT2D eigenvalue weighted by Gasteiger charge is -2.18. The highest BCUT2D eigenvalue weighted by Gasteiger charge is 2.53. The molecule has 0 radical (unpaired) electrons. The molecular weight excluding hydrogens is 192 g/mol. The van der Waals surface area contributed by atoms with Gasteiger partial charge in [0, 0.05) is 26.1 Å². The molecule has 2 atom stereocenters. The highest BCUT2D eigenvalue weighted by atomic mass is 16.5. The van der Waals surface area contributed by atoms with E-state index in [-0.39, 0.29) is 12.0 Å². The zero-order valence-electron chi connectivity index (χ0n) is 9.19. The Morgan fingerprint density at radius 3 is 2.60 bits per heavy atom. The standard InChI is InChI=1S/C11H16N2O2/c1-8-5-13(6-9(8)15-2)10(14)11(7-12)3-4-11/h8-9H,3-6H2,1-2H3/t8-,9+/m1/s1. The Hall–Kier alpha value is -1.08. The molecule has 0 unspecified atom stereocenters. The van der Waals surface area contributed by atoms with E-state index >= 15 is 0 Å². The van der Waals surface area contributed by atoms with Crippen molar-refractivity contribution in [1.29, 1.82) is 5.26 Å². The maximum Gasteiger partial charge on any atom is 0.243 e. The summed E-state index contributed by atoms with van der Waals surface area (Å²) in [5, 5.41) is 8.95. The second-order valence-electron chi connectivity index (χ2n) is 4.66. The molecule has 1 amide bonds. The highest BCUT2D eigenvalue weighted by Crippen LogP contribution is 2.47. The van der Waals surface area contributed by atoms with Gasteiger partial charge in [0.25, 0.3) is 0 Å². The van der Waals surface area contributed by atoms with Gasteiger partial charge in [0.05, 0.1) is 12.2 Å². The van der Waals surface area contributed by atoms with E-state index in [1.165, 1.54) is 0 Å². The fraction of sp³-hybridized carbons (Fsp3) is 0.818. The van der Waals surface area contributed by atoms with Crippen LogP contribution in [0.3, 0.4) is 0 Å². The lowest BCUT2D eigenvalue weighted by molar-refractivity contribution is -0.134. The fourth-order valence-electron chi connectivity index (χ4n) is 2.21. The first-order chi connectivity index (χ1) is 7.13. The number of hydrogen-bond donors (Lipinski definition) is 0. The van der Waals surface area contributed by atoms with Crippen LogP contribution in [0.25, 0.3) is 0 Å². The molecule has 0 aromatic heterocycles. The lowest BCUT2D eigenvalue weighted by atomic mass is 10.1. The van der Waals surface area contributed by atoms with Crippen molar-refractivity contribution in [3.05, 3.63) is 0 Å². The van der Waals surface area contributed by atoms with Crippen LogP contribution in [-0.4, -0.2) is 37.1 Å². The Bertz CT molecular complexity index is 317. The molecule has 0 spiro atoms. The van der Waals surface area contributed by atoms with Gasteiger partial charge in [0.1, 0.15) is 5.41 Å². The minimum Gasteiger partial charge on any atom is -0.379 e. The van der Waals surface area contributed by atoms with Gasteiger partial charge in [-0.2, -0.15) is 5.26 Å². The van der Waals surface area contributed by atoms with Gasteiger partial charge in [0.2, 0.25) is 5.91 Å². The van der Waals surface area contributed by atoms with E-state index in [1.54, 1.807) is 12.0 Å². The Morgan fingerprint density at radius 2 is 2.20 bits per heavy atom. The van der Waals surface area contributed by atoms with E-state index in [0.29, 0.717) is 12.5 Å². The number of amides is 1. The van der Waals surface area contributed by atoms with Gasteiger partial charge in [-0.3, -0.25) is 4.79 Å². The third-order valence-corrected chi connectivity index (χ3v) is 3.51. The molecule has 1 aliphatic heterocycles. The minimum absolute atomic E-state index is 0.0106. The number of nitriles is 1. The van der Waals surface area contributed by atoms with Crippen molar-refractivity contribution in [2.75, 3.05) is 20.2 Å². The van der Waals surface area contributed by atoms with Gasteiger partial charge in [-0.25, -0.2) is 0 Å². The predicted molar refractivity (Wildman–Crippen MR) is 53.8 cm³/mol. The maximum atomic E-state index is 12.0. The molecule has 1 saturated heterocycles. The van der Waals surface area contributed by atoms with Crippen LogP contribution in [-0.2, 0) is 9.53 Å². The van der Waals surface area contributed by atoms with Crippen LogP contribution in [0.2, 0.25) is 0 Å². The van der Waals surface area contributed by atoms with Crippen LogP contribution in [0.15, 0.2) is 0 Å². The third-order valence-electron chi connectivity index (χ3n) is 3.51. The van der Waals surface area contributed by atoms with E-state index in [0.717, 1.165) is 19.4 Å². The van der Waals surface area contributed by atoms with Crippen molar-refractivity contribution in [2.45, 2.75) is 25.9 Å². The van der Waals surface area contributed by atoms with Gasteiger partial charge >= 0.3 is 0 Å². The number of hydrogen-bond acceptors (Lipinski definition) is 3. The summed E-state index contributed by atoms with van der Waals surface area (Å²) in [6, 6.07) is 2.14. The number of rotatable bonds is 2. The second-order valence-corrected chi connectivity index (χ2v) is 4.66. The Balaban J connectivity index is 2.02. The topological polar surface area (TPSA) is 53.3 Å². The maximum absolute atomic E-state index is 12.0. The molecule has 4 nitrogen and oxygen atoms in total. The van der Waals surface area contributed by atoms with E-state index < -0.39 is 5.41 Å². The summed E-state index contributed by atoms with van der Waals surface area (Å²) in [5.74, 6) is 0.379. The number of carbonyl (C=O) groups excluding carboxylic acids is 1. The lowest BCUT2D eigenvalue weighted by Crippen LogP contribution is -2.35. The van der Waals surface area contributed by atoms with Crippen molar-refractivity contribution in [2.24, 2.45) is 11.3 Å². The molecule has 2 fully saturated rings. The average Bonchev–Trinajstić information content (AvgIpc) is 2.96. The zero-order valence-corrected chi connectivity index (χ0v) is 9.19. The average molecular weight is 208 g/mol. The predicted octanol–water partition coefficient (Wildman–Crippen LogP) is 0.783. The fourth-order valence-corrected chi connectivity index (χ4v) is 2.21. The molecule has 0 aromatic carbocycles. The van der Waals surface area contributed by atoms with Crippen LogP contribution in [0.5, 0.6) is 0 Å². The normalized spacial score (nSPS) is 32.5. The van der Waals surface area contributed by atoms with Crippen LogP contribution >= 0.6 is 0 Å². The van der Waals surface area contributed by atoms with Crippen molar-refractivity contribution in [1.82, 2.24) is 4.90 Å². The molecule has 2 aliphatic rings. The van der Waals surface area contributed by atoms with Crippen LogP contribution in [0, 0.1) is 22.7 Å². The number of nitrogens with zero attached hydrogens (tertiary/aromatic N) is 2. The van der Waals surface area contributed by atoms with Crippen LogP contribution < -0.4 is 0 Å². The molecule has 2 rings (SSSR count). The largest absolute Gasteiger partial charge is 0.379 e. The molecule has 1 aliphatic carbocycles. The van der Waals surface area contributed by atoms with Gasteiger partial charge in [-0.05, 0) is 12.8 Å². The van der Waals surface area contributed by atoms with Crippen molar-refractivity contribution in [3.63, 3.8) is 0 Å². The molecule has 0 N–H and O–H groups in total. The summed E-state index contributed by atoms with van der Waals surface area (Å²) < 4.78 is 5.29. The smallest absolute Gasteiger partial charge is 0.243 e. The molecular formula is C11H16N2O2. The summed E-state index contributed by atoms with van der Waals surface area (Å²) in [5.41, 5.74) is -0.678. The van der Waals surface area contributed by atoms with Gasteiger partial charge in [0.15, 0.2) is 0 Å². The van der Waals surface area contributed by atoms with Crippen molar-refractivity contribution >= 4 is 5.91 Å². The van der Waals surface area contributed by atoms with Gasteiger partial charge < -0.3 is 9.64 Å². The quantitative estimate of drug-likeness (QED) is 0.674. The van der Waals surface area contributed by atoms with Gasteiger partial charge in [-0.1, -0.05) is 6.92 Å². The minimum atomic E-state index is -0.678. The third kappa shape index (κ3) is 1.61. The first-order valence-electron chi connectivity index (χ1n) is 5.36. The first kappa shape index (κ1) is 10.4. The number of methoxy groups -OCH3 is 1. The van der Waals surface area contributed by atoms with Crippen LogP contribution in [0.1, 0.15) is 19.8 Å². The van der Waals surface area contributed by atoms with Crippen molar-refractivity contribution in [3.8, 4) is 6.07 Å². The number of ether oxygens (including phenoxy) is 1. The Morgan fingerprint density at radius 1 is 1.53 bits per heavy atom. The summed E-state index contributed by atoms with van der Waals surface area (Å²) in [6.07, 6.45) is 1.58. The summed E-state index contributed by atoms with van der Waals surface area (Å²) in [4.78, 5) is 13.8. The van der Waals surface area contributed by atoms with Crippen LogP contribution in [0.4, 0.5) is 0 Å². The first-order valence-corrected chi connectivity index (χ1v) is 5.36. The molecule has 1 heterocycles.